The van der Waals surface area contributed by atoms with Gasteiger partial charge in [-0.15, -0.1) is 0 Å². The second-order valence-electron chi connectivity index (χ2n) is 13.6. The van der Waals surface area contributed by atoms with Gasteiger partial charge >= 0.3 is 11.9 Å². The first-order valence-electron chi connectivity index (χ1n) is 19.5. The highest BCUT2D eigenvalue weighted by Crippen LogP contribution is 2.41. The van der Waals surface area contributed by atoms with Gasteiger partial charge in [0, 0.05) is 35.1 Å². The van der Waals surface area contributed by atoms with E-state index in [9.17, 15) is 28.8 Å². The van der Waals surface area contributed by atoms with Gasteiger partial charge in [-0.1, -0.05) is 25.1 Å². The van der Waals surface area contributed by atoms with E-state index >= 15 is 0 Å². The molecule has 316 valence electrons. The summed E-state index contributed by atoms with van der Waals surface area (Å²) in [6, 6.07) is 11.3. The van der Waals surface area contributed by atoms with E-state index in [1.165, 1.54) is 12.2 Å². The zero-order chi connectivity index (χ0) is 41.6. The number of pyridine rings is 2. The lowest BCUT2D eigenvalue weighted by atomic mass is 9.85. The minimum Gasteiger partial charge on any atom is -0.457 e. The van der Waals surface area contributed by atoms with Crippen LogP contribution in [0.1, 0.15) is 36.5 Å². The molecule has 6 rings (SSSR count). The lowest BCUT2D eigenvalue weighted by Gasteiger charge is -2.35. The van der Waals surface area contributed by atoms with Crippen molar-refractivity contribution >= 4 is 40.6 Å². The number of ether oxygens (including phenoxy) is 8. The Morgan fingerprint density at radius 3 is 2.02 bits per heavy atom. The molecule has 0 fully saturated rings. The number of amides is 3. The van der Waals surface area contributed by atoms with Gasteiger partial charge in [-0.25, -0.2) is 9.78 Å². The van der Waals surface area contributed by atoms with Crippen molar-refractivity contribution in [2.75, 3.05) is 92.4 Å². The maximum Gasteiger partial charge on any atom is 0.355 e. The van der Waals surface area contributed by atoms with Crippen molar-refractivity contribution in [3.63, 3.8) is 0 Å². The number of aromatic nitrogens is 2. The summed E-state index contributed by atoms with van der Waals surface area (Å²) < 4.78 is 45.3. The van der Waals surface area contributed by atoms with Crippen molar-refractivity contribution in [2.45, 2.75) is 38.5 Å². The number of hydrogen-bond donors (Lipinski definition) is 1. The monoisotopic (exact) mass is 820 g/mol. The number of benzene rings is 1. The normalized spacial score (nSPS) is 16.6. The number of rotatable bonds is 25. The first-order valence-corrected chi connectivity index (χ1v) is 19.5. The van der Waals surface area contributed by atoms with Crippen molar-refractivity contribution < 1.29 is 61.9 Å². The molecule has 0 saturated heterocycles. The summed E-state index contributed by atoms with van der Waals surface area (Å²) in [5, 5.41) is 3.44. The molecule has 0 saturated carbocycles. The van der Waals surface area contributed by atoms with E-state index in [1.807, 2.05) is 30.3 Å². The van der Waals surface area contributed by atoms with Crippen LogP contribution in [0.3, 0.4) is 0 Å². The Kier molecular flexibility index (Phi) is 15.4. The van der Waals surface area contributed by atoms with Crippen molar-refractivity contribution in [2.24, 2.45) is 0 Å². The molecular formula is C41H48N4O14. The number of esters is 2. The summed E-state index contributed by atoms with van der Waals surface area (Å²) in [7, 11) is 0. The van der Waals surface area contributed by atoms with Crippen LogP contribution < -0.4 is 10.9 Å². The molecule has 5 heterocycles. The minimum absolute atomic E-state index is 0.00198. The summed E-state index contributed by atoms with van der Waals surface area (Å²) in [5.74, 6) is -2.78. The molecule has 0 unspecified atom stereocenters. The number of fused-ring (bicyclic) bond motifs is 5. The average molecular weight is 821 g/mol. The molecule has 1 aromatic carbocycles. The number of nitrogens with one attached hydrogen (secondary N) is 1. The molecular weight excluding hydrogens is 772 g/mol. The Labute approximate surface area is 339 Å². The Balaban J connectivity index is 0.797. The van der Waals surface area contributed by atoms with Gasteiger partial charge in [0.2, 0.25) is 11.5 Å². The molecule has 0 radical (unpaired) electrons. The quantitative estimate of drug-likeness (QED) is 0.0565. The van der Waals surface area contributed by atoms with Crippen molar-refractivity contribution in [1.82, 2.24) is 19.8 Å². The van der Waals surface area contributed by atoms with E-state index in [2.05, 4.69) is 5.32 Å². The number of cyclic esters (lactones) is 1. The number of para-hydroxylation sites is 1. The van der Waals surface area contributed by atoms with Gasteiger partial charge in [0.15, 0.2) is 0 Å². The van der Waals surface area contributed by atoms with Gasteiger partial charge in [0.1, 0.15) is 13.2 Å². The summed E-state index contributed by atoms with van der Waals surface area (Å²) >= 11 is 0. The van der Waals surface area contributed by atoms with Crippen molar-refractivity contribution in [3.05, 3.63) is 75.6 Å². The lowest BCUT2D eigenvalue weighted by molar-refractivity contribution is -0.189. The largest absolute Gasteiger partial charge is 0.457 e. The van der Waals surface area contributed by atoms with Crippen LogP contribution in [0.2, 0.25) is 0 Å². The summed E-state index contributed by atoms with van der Waals surface area (Å²) in [6.07, 6.45) is 2.45. The molecule has 2 aromatic heterocycles. The Morgan fingerprint density at radius 2 is 1.39 bits per heavy atom. The topological polar surface area (TPSA) is 209 Å². The van der Waals surface area contributed by atoms with Crippen LogP contribution in [-0.2, 0) is 80.6 Å². The predicted octanol–water partition coefficient (Wildman–Crippen LogP) is 1.16. The fourth-order valence-corrected chi connectivity index (χ4v) is 6.75. The molecule has 1 atom stereocenters. The van der Waals surface area contributed by atoms with E-state index in [0.717, 1.165) is 21.4 Å². The van der Waals surface area contributed by atoms with Crippen molar-refractivity contribution in [1.29, 1.82) is 0 Å². The Bertz CT molecular complexity index is 2080. The summed E-state index contributed by atoms with van der Waals surface area (Å²) in [4.78, 5) is 81.3. The van der Waals surface area contributed by atoms with Gasteiger partial charge in [-0.3, -0.25) is 28.9 Å². The van der Waals surface area contributed by atoms with Crippen LogP contribution in [0, 0.1) is 0 Å². The fraction of sp³-hybridized carbons (Fsp3) is 0.488. The van der Waals surface area contributed by atoms with E-state index in [4.69, 9.17) is 42.9 Å². The van der Waals surface area contributed by atoms with Crippen LogP contribution in [0.5, 0.6) is 0 Å². The van der Waals surface area contributed by atoms with Gasteiger partial charge in [-0.05, 0) is 24.6 Å². The summed E-state index contributed by atoms with van der Waals surface area (Å²) in [5.41, 5.74) is 1.04. The standard InChI is InChI=1S/C41H48N4O14/c1-2-41(31-24-33-38-29(23-28-5-3-4-6-32(28)43-38)26-45(33)39(50)30(31)27-58-40(41)51)59-37(49)25-42-34(46)9-11-52-13-15-54-17-19-56-21-22-57-20-18-55-16-14-53-12-10-44-35(47)7-8-36(44)48/h3-8,23-24H,2,9-22,25-27H2,1H3,(H,42,46)/t41-/m0/s1. The molecule has 0 aliphatic carbocycles. The highest BCUT2D eigenvalue weighted by Gasteiger charge is 2.50. The van der Waals surface area contributed by atoms with Crippen molar-refractivity contribution in [3.8, 4) is 11.4 Å². The lowest BCUT2D eigenvalue weighted by Crippen LogP contribution is -2.48. The van der Waals surface area contributed by atoms with E-state index in [-0.39, 0.29) is 74.3 Å². The zero-order valence-corrected chi connectivity index (χ0v) is 32.9. The highest BCUT2D eigenvalue weighted by molar-refractivity contribution is 6.12. The number of nitrogens with zero attached hydrogens (tertiary/aromatic N) is 3. The molecule has 3 aromatic rings. The SMILES string of the molecule is CC[C@@]1(OC(=O)CNC(=O)CCOCCOCCOCCOCCOCCOCCN2C(=O)C=CC2=O)C(=O)OCc2c1cc1n(c2=O)Cc2cc3ccccc3nc2-1. The van der Waals surface area contributed by atoms with E-state index < -0.39 is 30.0 Å². The zero-order valence-electron chi connectivity index (χ0n) is 32.9. The van der Waals surface area contributed by atoms with Gasteiger partial charge in [0.25, 0.3) is 17.4 Å². The second kappa shape index (κ2) is 21.1. The van der Waals surface area contributed by atoms with Crippen LogP contribution in [-0.4, -0.2) is 136 Å². The predicted molar refractivity (Wildman–Crippen MR) is 207 cm³/mol. The smallest absolute Gasteiger partial charge is 0.355 e. The first kappa shape index (κ1) is 43.2. The molecule has 18 nitrogen and oxygen atoms in total. The molecule has 3 aliphatic rings. The molecule has 59 heavy (non-hydrogen) atoms. The van der Waals surface area contributed by atoms with Crippen LogP contribution >= 0.6 is 0 Å². The van der Waals surface area contributed by atoms with Gasteiger partial charge in [-0.2, -0.15) is 0 Å². The van der Waals surface area contributed by atoms with Crippen LogP contribution in [0.15, 0.2) is 53.3 Å². The van der Waals surface area contributed by atoms with Crippen LogP contribution in [0.4, 0.5) is 0 Å². The second-order valence-corrected chi connectivity index (χ2v) is 13.6. The Morgan fingerprint density at radius 1 is 0.797 bits per heavy atom. The molecule has 0 bridgehead atoms. The van der Waals surface area contributed by atoms with E-state index in [0.29, 0.717) is 77.4 Å². The number of imide groups is 1. The molecule has 3 aliphatic heterocycles. The number of carbonyl (C=O) groups is 5. The minimum atomic E-state index is -1.87. The van der Waals surface area contributed by atoms with Gasteiger partial charge in [0.05, 0.1) is 115 Å². The third-order valence-electron chi connectivity index (χ3n) is 9.80. The molecule has 0 spiro atoms. The molecule has 1 N–H and O–H groups in total. The third kappa shape index (κ3) is 10.8. The third-order valence-corrected chi connectivity index (χ3v) is 9.80. The van der Waals surface area contributed by atoms with Gasteiger partial charge < -0.3 is 47.8 Å². The maximum absolute atomic E-state index is 13.7. The fourth-order valence-electron chi connectivity index (χ4n) is 6.75. The number of carbonyl (C=O) groups excluding carboxylic acids is 5. The Hall–Kier alpha value is -5.37. The average Bonchev–Trinajstić information content (AvgIpc) is 3.76. The van der Waals surface area contributed by atoms with Crippen LogP contribution in [0.25, 0.3) is 22.3 Å². The first-order chi connectivity index (χ1) is 28.7. The highest BCUT2D eigenvalue weighted by atomic mass is 16.6. The number of hydrogen-bond acceptors (Lipinski definition) is 15. The molecule has 18 heteroatoms. The van der Waals surface area contributed by atoms with E-state index in [1.54, 1.807) is 17.6 Å². The maximum atomic E-state index is 13.7. The summed E-state index contributed by atoms with van der Waals surface area (Å²) in [6.45, 7) is 5.28. The molecule has 3 amide bonds.